The average molecular weight is 429 g/mol. The van der Waals surface area contributed by atoms with Crippen LogP contribution in [0.2, 0.25) is 16.6 Å². The molecule has 3 aromatic carbocycles. The van der Waals surface area contributed by atoms with Crippen molar-refractivity contribution in [2.75, 3.05) is 0 Å². The first-order valence-electron chi connectivity index (χ1n) is 11.7. The third kappa shape index (κ3) is 4.09. The third-order valence-corrected chi connectivity index (χ3v) is 13.2. The molecule has 0 aliphatic heterocycles. The lowest BCUT2D eigenvalue weighted by Gasteiger charge is -2.38. The van der Waals surface area contributed by atoms with E-state index in [2.05, 4.69) is 96.3 Å². The van der Waals surface area contributed by atoms with Crippen LogP contribution in [0, 0.1) is 11.5 Å². The Morgan fingerprint density at radius 1 is 0.774 bits per heavy atom. The van der Waals surface area contributed by atoms with E-state index in [1.54, 1.807) is 0 Å². The zero-order chi connectivity index (χ0) is 22.8. The zero-order valence-electron chi connectivity index (χ0n) is 20.2. The number of hydrogen-bond acceptors (Lipinski definition) is 1. The molecule has 0 saturated heterocycles. The van der Waals surface area contributed by atoms with Crippen molar-refractivity contribution in [3.8, 4) is 11.5 Å². The molecule has 162 valence electrons. The smallest absolute Gasteiger partial charge is 0.164 e. The molecule has 0 fully saturated rings. The molecule has 0 spiro atoms. The lowest BCUT2D eigenvalue weighted by Crippen LogP contribution is -2.43. The zero-order valence-corrected chi connectivity index (χ0v) is 21.2. The lowest BCUT2D eigenvalue weighted by atomic mass is 9.89. The van der Waals surface area contributed by atoms with Crippen molar-refractivity contribution < 1.29 is 4.79 Å². The second kappa shape index (κ2) is 9.41. The van der Waals surface area contributed by atoms with Crippen LogP contribution in [0.15, 0.2) is 48.5 Å². The molecule has 0 N–H and O–H groups in total. The standard InChI is InChI=1S/C29H36OSi/c1-8-13-28(30)29-26-16-11-9-14-23(26)25(24-15-10-12-17-27(24)29)18-19-31(20(2)3,21(4)5)22(6)7/h9-12,14-17,20-22H,8,13H2,1-7H3. The van der Waals surface area contributed by atoms with Crippen molar-refractivity contribution >= 4 is 35.4 Å². The topological polar surface area (TPSA) is 17.1 Å². The van der Waals surface area contributed by atoms with E-state index in [4.69, 9.17) is 0 Å². The molecule has 0 amide bonds. The maximum Gasteiger partial charge on any atom is 0.164 e. The van der Waals surface area contributed by atoms with Crippen LogP contribution in [-0.2, 0) is 0 Å². The SMILES string of the molecule is CCCC(=O)c1c2ccccc2c(C#C[Si](C(C)C)(C(C)C)C(C)C)c2ccccc12. The molecule has 0 bridgehead atoms. The molecule has 0 aromatic heterocycles. The molecular weight excluding hydrogens is 392 g/mol. The Labute approximate surface area is 189 Å². The van der Waals surface area contributed by atoms with E-state index >= 15 is 0 Å². The number of ketones is 1. The largest absolute Gasteiger partial charge is 0.294 e. The number of rotatable bonds is 6. The average Bonchev–Trinajstić information content (AvgIpc) is 2.72. The van der Waals surface area contributed by atoms with Gasteiger partial charge in [-0.25, -0.2) is 0 Å². The second-order valence-corrected chi connectivity index (χ2v) is 15.2. The normalized spacial score (nSPS) is 12.1. The van der Waals surface area contributed by atoms with E-state index in [9.17, 15) is 4.79 Å². The highest BCUT2D eigenvalue weighted by Crippen LogP contribution is 2.41. The molecular formula is C29H36OSi. The van der Waals surface area contributed by atoms with E-state index in [1.165, 1.54) is 0 Å². The molecule has 2 heteroatoms. The maximum atomic E-state index is 13.1. The molecule has 0 radical (unpaired) electrons. The van der Waals surface area contributed by atoms with Crippen LogP contribution in [0.5, 0.6) is 0 Å². The van der Waals surface area contributed by atoms with Gasteiger partial charge in [0.25, 0.3) is 0 Å². The number of hydrogen-bond donors (Lipinski definition) is 0. The minimum absolute atomic E-state index is 0.227. The minimum Gasteiger partial charge on any atom is -0.294 e. The molecule has 0 aliphatic rings. The van der Waals surface area contributed by atoms with Gasteiger partial charge in [0.05, 0.1) is 0 Å². The van der Waals surface area contributed by atoms with Gasteiger partial charge in [0.15, 0.2) is 5.78 Å². The Hall–Kier alpha value is -2.37. The van der Waals surface area contributed by atoms with Crippen molar-refractivity contribution in [3.63, 3.8) is 0 Å². The van der Waals surface area contributed by atoms with Gasteiger partial charge in [-0.2, -0.15) is 0 Å². The number of fused-ring (bicyclic) bond motifs is 2. The summed E-state index contributed by atoms with van der Waals surface area (Å²) in [6, 6.07) is 16.7. The second-order valence-electron chi connectivity index (χ2n) is 9.66. The lowest BCUT2D eigenvalue weighted by molar-refractivity contribution is 0.0985. The molecule has 3 aromatic rings. The van der Waals surface area contributed by atoms with Crippen molar-refractivity contribution in [2.24, 2.45) is 0 Å². The van der Waals surface area contributed by atoms with E-state index in [1.807, 2.05) is 12.1 Å². The quantitative estimate of drug-likeness (QED) is 0.166. The Morgan fingerprint density at radius 3 is 1.58 bits per heavy atom. The first-order valence-corrected chi connectivity index (χ1v) is 14.0. The maximum absolute atomic E-state index is 13.1. The van der Waals surface area contributed by atoms with Crippen LogP contribution in [0.1, 0.15) is 77.2 Å². The van der Waals surface area contributed by atoms with Crippen LogP contribution in [-0.4, -0.2) is 13.9 Å². The number of carbonyl (C=O) groups excluding carboxylic acids is 1. The van der Waals surface area contributed by atoms with E-state index < -0.39 is 8.07 Å². The summed E-state index contributed by atoms with van der Waals surface area (Å²) in [7, 11) is -1.86. The highest BCUT2D eigenvalue weighted by Gasteiger charge is 2.41. The summed E-state index contributed by atoms with van der Waals surface area (Å²) in [5, 5.41) is 4.28. The Morgan fingerprint density at radius 2 is 1.19 bits per heavy atom. The number of carbonyl (C=O) groups is 1. The van der Waals surface area contributed by atoms with Crippen LogP contribution >= 0.6 is 0 Å². The molecule has 0 saturated carbocycles. The fourth-order valence-electron chi connectivity index (χ4n) is 5.52. The number of benzene rings is 3. The fourth-order valence-corrected chi connectivity index (χ4v) is 10.7. The molecule has 0 unspecified atom stereocenters. The first-order chi connectivity index (χ1) is 14.8. The van der Waals surface area contributed by atoms with Crippen LogP contribution in [0.4, 0.5) is 0 Å². The Kier molecular flexibility index (Phi) is 7.07. The summed E-state index contributed by atoms with van der Waals surface area (Å²) in [4.78, 5) is 13.1. The van der Waals surface area contributed by atoms with E-state index in [-0.39, 0.29) is 5.78 Å². The highest BCUT2D eigenvalue weighted by molar-refractivity contribution is 6.90. The van der Waals surface area contributed by atoms with Crippen molar-refractivity contribution in [2.45, 2.75) is 77.9 Å². The molecule has 31 heavy (non-hydrogen) atoms. The van der Waals surface area contributed by atoms with Crippen molar-refractivity contribution in [1.29, 1.82) is 0 Å². The van der Waals surface area contributed by atoms with Gasteiger partial charge in [-0.1, -0.05) is 103 Å². The summed E-state index contributed by atoms with van der Waals surface area (Å²) in [6.07, 6.45) is 1.43. The van der Waals surface area contributed by atoms with Crippen LogP contribution < -0.4 is 0 Å². The summed E-state index contributed by atoms with van der Waals surface area (Å²) >= 11 is 0. The van der Waals surface area contributed by atoms with Gasteiger partial charge in [0.2, 0.25) is 0 Å². The summed E-state index contributed by atoms with van der Waals surface area (Å²) in [6.45, 7) is 16.2. The Bertz CT molecular complexity index is 1080. The van der Waals surface area contributed by atoms with Crippen LogP contribution in [0.3, 0.4) is 0 Å². The molecule has 1 nitrogen and oxygen atoms in total. The van der Waals surface area contributed by atoms with Gasteiger partial charge in [-0.3, -0.25) is 4.79 Å². The fraction of sp³-hybridized carbons (Fsp3) is 0.414. The summed E-state index contributed by atoms with van der Waals surface area (Å²) in [5.74, 6) is 3.94. The first kappa shape index (κ1) is 23.3. The van der Waals surface area contributed by atoms with Gasteiger partial charge in [-0.15, -0.1) is 5.54 Å². The van der Waals surface area contributed by atoms with Gasteiger partial charge in [-0.05, 0) is 44.6 Å². The molecule has 0 heterocycles. The summed E-state index contributed by atoms with van der Waals surface area (Å²) in [5.41, 5.74) is 7.61. The molecule has 0 atom stereocenters. The third-order valence-electron chi connectivity index (χ3n) is 6.96. The van der Waals surface area contributed by atoms with Gasteiger partial charge in [0, 0.05) is 17.5 Å². The van der Waals surface area contributed by atoms with Gasteiger partial charge >= 0.3 is 0 Å². The van der Waals surface area contributed by atoms with Crippen molar-refractivity contribution in [1.82, 2.24) is 0 Å². The van der Waals surface area contributed by atoms with Gasteiger partial charge < -0.3 is 0 Å². The molecule has 3 rings (SSSR count). The Balaban J connectivity index is 2.42. The van der Waals surface area contributed by atoms with E-state index in [0.717, 1.165) is 39.1 Å². The number of Topliss-reactive ketones (excluding diaryl/α,β-unsaturated/α-hetero) is 1. The van der Waals surface area contributed by atoms with Crippen LogP contribution in [0.25, 0.3) is 21.5 Å². The summed E-state index contributed by atoms with van der Waals surface area (Å²) < 4.78 is 0. The minimum atomic E-state index is -1.86. The van der Waals surface area contributed by atoms with Crippen molar-refractivity contribution in [3.05, 3.63) is 59.7 Å². The monoisotopic (exact) mass is 428 g/mol. The van der Waals surface area contributed by atoms with Gasteiger partial charge in [0.1, 0.15) is 8.07 Å². The van der Waals surface area contributed by atoms with E-state index in [0.29, 0.717) is 23.0 Å². The predicted molar refractivity (Wildman–Crippen MR) is 139 cm³/mol. The predicted octanol–water partition coefficient (Wildman–Crippen LogP) is 8.55. The highest BCUT2D eigenvalue weighted by atomic mass is 28.3. The molecule has 0 aliphatic carbocycles.